The minimum atomic E-state index is -0.0743. The fourth-order valence-corrected chi connectivity index (χ4v) is 2.75. The third-order valence-corrected chi connectivity index (χ3v) is 4.16. The van der Waals surface area contributed by atoms with Gasteiger partial charge in [0.2, 0.25) is 0 Å². The number of nitrogens with zero attached hydrogens (tertiary/aromatic N) is 3. The molecule has 0 aliphatic heterocycles. The normalized spacial score (nSPS) is 12.1. The maximum atomic E-state index is 12.4. The van der Waals surface area contributed by atoms with Crippen LogP contribution >= 0.6 is 0 Å². The maximum absolute atomic E-state index is 12.4. The van der Waals surface area contributed by atoms with E-state index in [4.69, 9.17) is 0 Å². The third-order valence-electron chi connectivity index (χ3n) is 4.16. The third kappa shape index (κ3) is 4.14. The molecular weight excluding hydrogens is 312 g/mol. The summed E-state index contributed by atoms with van der Waals surface area (Å²) in [6.07, 6.45) is 3.60. The lowest BCUT2D eigenvalue weighted by Gasteiger charge is -2.25. The summed E-state index contributed by atoms with van der Waals surface area (Å²) in [5.41, 5.74) is 2.75. The van der Waals surface area contributed by atoms with Gasteiger partial charge >= 0.3 is 0 Å². The highest BCUT2D eigenvalue weighted by Gasteiger charge is 2.15. The lowest BCUT2D eigenvalue weighted by Crippen LogP contribution is -2.34. The molecule has 0 saturated heterocycles. The average molecular weight is 334 g/mol. The smallest absolute Gasteiger partial charge is 0.251 e. The molecule has 2 aromatic carbocycles. The van der Waals surface area contributed by atoms with Crippen molar-refractivity contribution < 1.29 is 4.79 Å². The summed E-state index contributed by atoms with van der Waals surface area (Å²) in [6, 6.07) is 19.6. The van der Waals surface area contributed by atoms with Crippen LogP contribution in [-0.4, -0.2) is 41.2 Å². The summed E-state index contributed by atoms with van der Waals surface area (Å²) in [5, 5.41) is 7.21. The Hall–Kier alpha value is -2.92. The highest BCUT2D eigenvalue weighted by molar-refractivity contribution is 5.94. The van der Waals surface area contributed by atoms with Crippen molar-refractivity contribution in [2.75, 3.05) is 20.6 Å². The molecule has 0 bridgehead atoms. The predicted octanol–water partition coefficient (Wildman–Crippen LogP) is 2.91. The lowest BCUT2D eigenvalue weighted by atomic mass is 10.1. The SMILES string of the molecule is CN(C)C(CNC(=O)c1ccc(-n2cccn2)cc1)c1ccccc1. The quantitative estimate of drug-likeness (QED) is 0.754. The van der Waals surface area contributed by atoms with Crippen LogP contribution in [0.15, 0.2) is 73.1 Å². The molecular formula is C20H22N4O. The van der Waals surface area contributed by atoms with Crippen molar-refractivity contribution in [1.82, 2.24) is 20.0 Å². The van der Waals surface area contributed by atoms with Crippen LogP contribution in [0.3, 0.4) is 0 Å². The van der Waals surface area contributed by atoms with Gasteiger partial charge in [0.15, 0.2) is 0 Å². The molecule has 0 saturated carbocycles. The van der Waals surface area contributed by atoms with Gasteiger partial charge in [-0.2, -0.15) is 5.10 Å². The van der Waals surface area contributed by atoms with Crippen molar-refractivity contribution in [2.45, 2.75) is 6.04 Å². The fraction of sp³-hybridized carbons (Fsp3) is 0.200. The zero-order valence-corrected chi connectivity index (χ0v) is 14.5. The molecule has 128 valence electrons. The summed E-state index contributed by atoms with van der Waals surface area (Å²) in [4.78, 5) is 14.6. The van der Waals surface area contributed by atoms with Crippen molar-refractivity contribution in [3.05, 3.63) is 84.2 Å². The van der Waals surface area contributed by atoms with Gasteiger partial charge in [-0.05, 0) is 50.0 Å². The van der Waals surface area contributed by atoms with Crippen LogP contribution in [0, 0.1) is 0 Å². The molecule has 1 aromatic heterocycles. The summed E-state index contributed by atoms with van der Waals surface area (Å²) >= 11 is 0. The van der Waals surface area contributed by atoms with Crippen molar-refractivity contribution >= 4 is 5.91 Å². The van der Waals surface area contributed by atoms with Gasteiger partial charge in [0.05, 0.1) is 11.7 Å². The van der Waals surface area contributed by atoms with Crippen molar-refractivity contribution in [1.29, 1.82) is 0 Å². The summed E-state index contributed by atoms with van der Waals surface area (Å²) in [6.45, 7) is 0.552. The van der Waals surface area contributed by atoms with Crippen molar-refractivity contribution in [3.8, 4) is 5.69 Å². The van der Waals surface area contributed by atoms with E-state index in [0.29, 0.717) is 12.1 Å². The number of benzene rings is 2. The maximum Gasteiger partial charge on any atom is 0.251 e. The van der Waals surface area contributed by atoms with Gasteiger partial charge in [-0.1, -0.05) is 30.3 Å². The van der Waals surface area contributed by atoms with E-state index in [1.165, 1.54) is 5.56 Å². The number of likely N-dealkylation sites (N-methyl/N-ethyl adjacent to an activating group) is 1. The first-order valence-electron chi connectivity index (χ1n) is 8.25. The highest BCUT2D eigenvalue weighted by atomic mass is 16.1. The molecule has 0 spiro atoms. The van der Waals surface area contributed by atoms with E-state index in [9.17, 15) is 4.79 Å². The van der Waals surface area contributed by atoms with Crippen LogP contribution in [0.1, 0.15) is 22.0 Å². The minimum Gasteiger partial charge on any atom is -0.350 e. The number of rotatable bonds is 6. The molecule has 0 radical (unpaired) electrons. The Morgan fingerprint density at radius 2 is 1.80 bits per heavy atom. The van der Waals surface area contributed by atoms with Crippen LogP contribution in [0.4, 0.5) is 0 Å². The Bertz CT molecular complexity index is 795. The summed E-state index contributed by atoms with van der Waals surface area (Å²) in [7, 11) is 4.03. The number of nitrogens with one attached hydrogen (secondary N) is 1. The second kappa shape index (κ2) is 7.77. The zero-order chi connectivity index (χ0) is 17.6. The Balaban J connectivity index is 1.65. The molecule has 1 N–H and O–H groups in total. The molecule has 5 heteroatoms. The van der Waals surface area contributed by atoms with Gasteiger partial charge in [0.1, 0.15) is 0 Å². The molecule has 1 amide bonds. The van der Waals surface area contributed by atoms with E-state index in [-0.39, 0.29) is 11.9 Å². The number of hydrogen-bond donors (Lipinski definition) is 1. The highest BCUT2D eigenvalue weighted by Crippen LogP contribution is 2.17. The number of carbonyl (C=O) groups is 1. The number of hydrogen-bond acceptors (Lipinski definition) is 3. The topological polar surface area (TPSA) is 50.2 Å². The molecule has 3 aromatic rings. The van der Waals surface area contributed by atoms with E-state index in [2.05, 4.69) is 27.4 Å². The first-order chi connectivity index (χ1) is 12.1. The van der Waals surface area contributed by atoms with E-state index < -0.39 is 0 Å². The molecule has 25 heavy (non-hydrogen) atoms. The zero-order valence-electron chi connectivity index (χ0n) is 14.5. The molecule has 1 unspecified atom stereocenters. The number of carbonyl (C=O) groups excluding carboxylic acids is 1. The van der Waals surface area contributed by atoms with Gasteiger partial charge in [-0.25, -0.2) is 4.68 Å². The number of aromatic nitrogens is 2. The Kier molecular flexibility index (Phi) is 5.26. The van der Waals surface area contributed by atoms with Gasteiger partial charge < -0.3 is 10.2 Å². The van der Waals surface area contributed by atoms with Crippen LogP contribution < -0.4 is 5.32 Å². The molecule has 0 fully saturated rings. The monoisotopic (exact) mass is 334 g/mol. The molecule has 0 aliphatic carbocycles. The molecule has 1 atom stereocenters. The van der Waals surface area contributed by atoms with Crippen LogP contribution in [0.5, 0.6) is 0 Å². The minimum absolute atomic E-state index is 0.0743. The second-order valence-corrected chi connectivity index (χ2v) is 6.10. The van der Waals surface area contributed by atoms with E-state index >= 15 is 0 Å². The largest absolute Gasteiger partial charge is 0.350 e. The van der Waals surface area contributed by atoms with E-state index in [0.717, 1.165) is 5.69 Å². The summed E-state index contributed by atoms with van der Waals surface area (Å²) in [5.74, 6) is -0.0743. The van der Waals surface area contributed by atoms with Crippen LogP contribution in [-0.2, 0) is 0 Å². The van der Waals surface area contributed by atoms with E-state index in [1.807, 2.05) is 68.8 Å². The van der Waals surface area contributed by atoms with Gasteiger partial charge in [0, 0.05) is 24.5 Å². The van der Waals surface area contributed by atoms with Crippen molar-refractivity contribution in [3.63, 3.8) is 0 Å². The summed E-state index contributed by atoms with van der Waals surface area (Å²) < 4.78 is 1.76. The standard InChI is InChI=1S/C20H22N4O/c1-23(2)19(16-7-4-3-5-8-16)15-21-20(25)17-9-11-18(12-10-17)24-14-6-13-22-24/h3-14,19H,15H2,1-2H3,(H,21,25). The first kappa shape index (κ1) is 16.9. The first-order valence-corrected chi connectivity index (χ1v) is 8.25. The lowest BCUT2D eigenvalue weighted by molar-refractivity contribution is 0.0942. The molecule has 1 heterocycles. The average Bonchev–Trinajstić information content (AvgIpc) is 3.17. The molecule has 0 aliphatic rings. The Morgan fingerprint density at radius 3 is 2.40 bits per heavy atom. The molecule has 3 rings (SSSR count). The van der Waals surface area contributed by atoms with E-state index in [1.54, 1.807) is 10.9 Å². The van der Waals surface area contributed by atoms with Gasteiger partial charge in [-0.15, -0.1) is 0 Å². The van der Waals surface area contributed by atoms with Crippen molar-refractivity contribution in [2.24, 2.45) is 0 Å². The Morgan fingerprint density at radius 1 is 1.08 bits per heavy atom. The molecule has 5 nitrogen and oxygen atoms in total. The van der Waals surface area contributed by atoms with Gasteiger partial charge in [0.25, 0.3) is 5.91 Å². The Labute approximate surface area is 147 Å². The van der Waals surface area contributed by atoms with Crippen LogP contribution in [0.2, 0.25) is 0 Å². The van der Waals surface area contributed by atoms with Gasteiger partial charge in [-0.3, -0.25) is 4.79 Å². The number of amides is 1. The fourth-order valence-electron chi connectivity index (χ4n) is 2.75. The second-order valence-electron chi connectivity index (χ2n) is 6.10. The predicted molar refractivity (Wildman–Crippen MR) is 98.8 cm³/mol. The van der Waals surface area contributed by atoms with Crippen LogP contribution in [0.25, 0.3) is 5.69 Å².